The molecule has 1 atom stereocenters. The van der Waals surface area contributed by atoms with E-state index in [0.717, 1.165) is 38.4 Å². The molecular weight excluding hydrogens is 725 g/mol. The van der Waals surface area contributed by atoms with Crippen LogP contribution in [0.25, 0.3) is 0 Å². The van der Waals surface area contributed by atoms with Gasteiger partial charge in [-0.05, 0) is 74.6 Å². The summed E-state index contributed by atoms with van der Waals surface area (Å²) in [6.07, 6.45) is 12.1. The summed E-state index contributed by atoms with van der Waals surface area (Å²) in [5, 5.41) is 23.2. The molecule has 1 saturated carbocycles. The molecule has 7 rings (SSSR count). The van der Waals surface area contributed by atoms with Gasteiger partial charge in [0, 0.05) is 63.9 Å². The van der Waals surface area contributed by atoms with Crippen LogP contribution in [0, 0.1) is 20.2 Å². The molecule has 3 aliphatic heterocycles. The Morgan fingerprint density at radius 3 is 1.70 bits per heavy atom. The highest BCUT2D eigenvalue weighted by molar-refractivity contribution is 7.82. The van der Waals surface area contributed by atoms with Gasteiger partial charge in [0.1, 0.15) is 15.9 Å². The smallest absolute Gasteiger partial charge is 0.293 e. The van der Waals surface area contributed by atoms with Crippen LogP contribution in [0.1, 0.15) is 71.9 Å². The number of fused-ring (bicyclic) bond motifs is 2. The Balaban J connectivity index is 1.28. The van der Waals surface area contributed by atoms with Crippen molar-refractivity contribution in [3.05, 3.63) is 145 Å². The van der Waals surface area contributed by atoms with Crippen LogP contribution in [0.15, 0.2) is 118 Å². The first-order valence-electron chi connectivity index (χ1n) is 19.6. The standard InChI is InChI=1S/C44H51N6O5S/c1-7-47-36-18-11-9-16-34(36)43(3,4)40(47)24-20-31-14-13-15-32(21-25-41-44(5,6)35-17-10-12-19-37(35)48(41)8-2)42(31)45-26-28-46(29-27-45)56(55)39-23-22-33(49(51)52)30-38(39)50(53)54/h9-12,16-25,30H,7-8,13-15,26-29H2,1-6H3/q+1. The van der Waals surface area contributed by atoms with Crippen LogP contribution < -0.4 is 9.80 Å². The largest absolute Gasteiger partial charge is 0.344 e. The van der Waals surface area contributed by atoms with Crippen LogP contribution in [0.5, 0.6) is 0 Å². The van der Waals surface area contributed by atoms with Crippen molar-refractivity contribution in [1.82, 2.24) is 4.31 Å². The second kappa shape index (κ2) is 15.4. The van der Waals surface area contributed by atoms with Gasteiger partial charge in [-0.25, -0.2) is 13.1 Å². The van der Waals surface area contributed by atoms with E-state index in [4.69, 9.17) is 0 Å². The summed E-state index contributed by atoms with van der Waals surface area (Å²) in [5.74, 6) is 0. The van der Waals surface area contributed by atoms with Gasteiger partial charge < -0.3 is 9.80 Å². The lowest BCUT2D eigenvalue weighted by Crippen LogP contribution is -2.45. The van der Waals surface area contributed by atoms with E-state index in [0.29, 0.717) is 26.2 Å². The minimum absolute atomic E-state index is 0.0277. The SMILES string of the molecule is CCN1/C(=C/C=C2\CCC/C(=C\C=C3\N(CC)c4ccccc4C3(C)C)C2=[N+]2CCN(S(=O)c3ccc([N+](=O)[O-])cc3[N+](=O)[O-])CC2)C(C)(C)c2ccccc21. The van der Waals surface area contributed by atoms with Crippen molar-refractivity contribution in [2.75, 3.05) is 49.1 Å². The fraction of sp³-hybridized carbons (Fsp3) is 0.386. The van der Waals surface area contributed by atoms with Crippen molar-refractivity contribution >= 4 is 39.4 Å². The van der Waals surface area contributed by atoms with E-state index >= 15 is 0 Å². The third kappa shape index (κ3) is 6.83. The van der Waals surface area contributed by atoms with Gasteiger partial charge in [-0.3, -0.25) is 20.2 Å². The molecule has 292 valence electrons. The lowest BCUT2D eigenvalue weighted by molar-refractivity contribution is -0.536. The highest BCUT2D eigenvalue weighted by atomic mass is 32.2. The zero-order valence-electron chi connectivity index (χ0n) is 33.2. The van der Waals surface area contributed by atoms with E-state index in [-0.39, 0.29) is 15.7 Å². The highest BCUT2D eigenvalue weighted by Crippen LogP contribution is 2.49. The lowest BCUT2D eigenvalue weighted by Gasteiger charge is -2.28. The Kier molecular flexibility index (Phi) is 10.7. The first-order valence-corrected chi connectivity index (χ1v) is 20.7. The maximum atomic E-state index is 13.8. The summed E-state index contributed by atoms with van der Waals surface area (Å²) >= 11 is 0. The van der Waals surface area contributed by atoms with E-state index in [9.17, 15) is 24.4 Å². The fourth-order valence-corrected chi connectivity index (χ4v) is 10.4. The topological polar surface area (TPSA) is 116 Å². The van der Waals surface area contributed by atoms with Crippen molar-refractivity contribution < 1.29 is 18.6 Å². The highest BCUT2D eigenvalue weighted by Gasteiger charge is 2.41. The van der Waals surface area contributed by atoms with Gasteiger partial charge in [-0.1, -0.05) is 76.2 Å². The molecule has 12 heteroatoms. The summed E-state index contributed by atoms with van der Waals surface area (Å²) in [4.78, 5) is 26.7. The molecule has 1 unspecified atom stereocenters. The zero-order chi connectivity index (χ0) is 39.9. The number of nitro benzene ring substituents is 2. The van der Waals surface area contributed by atoms with E-state index in [2.05, 4.69) is 129 Å². The number of nitrogens with zero attached hydrogens (tertiary/aromatic N) is 6. The number of nitro groups is 2. The average Bonchev–Trinajstić information content (AvgIpc) is 3.56. The van der Waals surface area contributed by atoms with E-state index in [1.165, 1.54) is 62.9 Å². The zero-order valence-corrected chi connectivity index (χ0v) is 34.0. The van der Waals surface area contributed by atoms with E-state index < -0.39 is 32.2 Å². The van der Waals surface area contributed by atoms with Crippen LogP contribution in [0.4, 0.5) is 22.7 Å². The number of likely N-dealkylation sites (N-methyl/N-ethyl adjacent to an activating group) is 2. The molecule has 3 heterocycles. The third-order valence-corrected chi connectivity index (χ3v) is 13.5. The van der Waals surface area contributed by atoms with E-state index in [1.54, 1.807) is 4.31 Å². The maximum absolute atomic E-state index is 13.8. The number of benzene rings is 3. The second-order valence-electron chi connectivity index (χ2n) is 15.8. The molecule has 0 spiro atoms. The summed E-state index contributed by atoms with van der Waals surface area (Å²) in [6, 6.07) is 20.6. The van der Waals surface area contributed by atoms with Crippen molar-refractivity contribution in [2.24, 2.45) is 0 Å². The van der Waals surface area contributed by atoms with Crippen molar-refractivity contribution in [3.8, 4) is 0 Å². The molecule has 2 fully saturated rings. The number of allylic oxidation sites excluding steroid dienone is 8. The molecule has 0 N–H and O–H groups in total. The molecule has 0 amide bonds. The molecule has 3 aromatic rings. The van der Waals surface area contributed by atoms with Gasteiger partial charge >= 0.3 is 0 Å². The Morgan fingerprint density at radius 2 is 1.23 bits per heavy atom. The minimum Gasteiger partial charge on any atom is -0.344 e. The summed E-state index contributed by atoms with van der Waals surface area (Å²) in [6.45, 7) is 17.3. The van der Waals surface area contributed by atoms with Crippen LogP contribution in [0.3, 0.4) is 0 Å². The Bertz CT molecular complexity index is 2170. The fourth-order valence-electron chi connectivity index (χ4n) is 9.09. The van der Waals surface area contributed by atoms with Crippen molar-refractivity contribution in [3.63, 3.8) is 0 Å². The molecule has 1 saturated heterocycles. The van der Waals surface area contributed by atoms with Gasteiger partial charge in [-0.2, -0.15) is 0 Å². The van der Waals surface area contributed by atoms with Gasteiger partial charge in [0.05, 0.1) is 29.0 Å². The predicted octanol–water partition coefficient (Wildman–Crippen LogP) is 8.73. The average molecular weight is 776 g/mol. The first-order chi connectivity index (χ1) is 26.8. The second-order valence-corrected chi connectivity index (χ2v) is 17.2. The number of hydrogen-bond donors (Lipinski definition) is 0. The molecule has 0 radical (unpaired) electrons. The number of hydrogen-bond acceptors (Lipinski definition) is 7. The number of rotatable bonds is 8. The maximum Gasteiger partial charge on any atom is 0.293 e. The molecule has 3 aromatic carbocycles. The van der Waals surface area contributed by atoms with Crippen LogP contribution >= 0.6 is 0 Å². The van der Waals surface area contributed by atoms with Gasteiger partial charge in [0.15, 0.2) is 13.1 Å². The predicted molar refractivity (Wildman–Crippen MR) is 224 cm³/mol. The number of piperazine rings is 1. The molecular formula is C44H51N6O5S+. The van der Waals surface area contributed by atoms with Gasteiger partial charge in [0.25, 0.3) is 11.4 Å². The summed E-state index contributed by atoms with van der Waals surface area (Å²) in [7, 11) is -1.86. The molecule has 56 heavy (non-hydrogen) atoms. The number of anilines is 2. The van der Waals surface area contributed by atoms with Gasteiger partial charge in [0.2, 0.25) is 5.71 Å². The first kappa shape index (κ1) is 39.1. The normalized spacial score (nSPS) is 22.6. The van der Waals surface area contributed by atoms with Crippen molar-refractivity contribution in [2.45, 2.75) is 76.5 Å². The molecule has 4 aliphatic rings. The Morgan fingerprint density at radius 1 is 0.732 bits per heavy atom. The minimum atomic E-state index is -1.86. The van der Waals surface area contributed by atoms with Crippen LogP contribution in [-0.2, 0) is 21.8 Å². The summed E-state index contributed by atoms with van der Waals surface area (Å²) < 4.78 is 18.0. The molecule has 1 aliphatic carbocycles. The van der Waals surface area contributed by atoms with Crippen molar-refractivity contribution in [1.29, 1.82) is 0 Å². The molecule has 0 bridgehead atoms. The summed E-state index contributed by atoms with van der Waals surface area (Å²) in [5.41, 5.74) is 10.2. The van der Waals surface area contributed by atoms with Crippen LogP contribution in [-0.4, -0.2) is 67.9 Å². The molecule has 0 aromatic heterocycles. The van der Waals surface area contributed by atoms with E-state index in [1.807, 2.05) is 0 Å². The number of non-ortho nitro benzene ring substituents is 1. The van der Waals surface area contributed by atoms with Crippen LogP contribution in [0.2, 0.25) is 0 Å². The lowest BCUT2D eigenvalue weighted by atomic mass is 9.82. The molecule has 11 nitrogen and oxygen atoms in total. The quantitative estimate of drug-likeness (QED) is 0.128. The monoisotopic (exact) mass is 775 g/mol. The Labute approximate surface area is 331 Å². The van der Waals surface area contributed by atoms with Gasteiger partial charge in [-0.15, -0.1) is 0 Å². The third-order valence-electron chi connectivity index (χ3n) is 11.9. The number of para-hydroxylation sites is 2. The Hall–Kier alpha value is -5.20.